The largest absolute Gasteiger partial charge is 0.481 e. The molecule has 1 unspecified atom stereocenters. The van der Waals surface area contributed by atoms with E-state index < -0.39 is 22.6 Å². The Bertz CT molecular complexity index is 529. The van der Waals surface area contributed by atoms with E-state index in [4.69, 9.17) is 16.7 Å². The van der Waals surface area contributed by atoms with Crippen molar-refractivity contribution >= 4 is 28.4 Å². The van der Waals surface area contributed by atoms with E-state index >= 15 is 0 Å². The van der Waals surface area contributed by atoms with Gasteiger partial charge < -0.3 is 5.11 Å². The average molecular weight is 305 g/mol. The van der Waals surface area contributed by atoms with Gasteiger partial charge in [-0.25, -0.2) is 4.39 Å². The summed E-state index contributed by atoms with van der Waals surface area (Å²) in [6.07, 6.45) is 1.60. The Labute approximate surface area is 118 Å². The van der Waals surface area contributed by atoms with Crippen LogP contribution in [0.5, 0.6) is 0 Å². The Balaban J connectivity index is 1.98. The van der Waals surface area contributed by atoms with E-state index in [0.717, 1.165) is 12.8 Å². The highest BCUT2D eigenvalue weighted by molar-refractivity contribution is 7.84. The lowest BCUT2D eigenvalue weighted by Gasteiger charge is -2.12. The number of aliphatic carboxylic acids is 1. The molecule has 19 heavy (non-hydrogen) atoms. The summed E-state index contributed by atoms with van der Waals surface area (Å²) in [5.74, 6) is -1.03. The van der Waals surface area contributed by atoms with Crippen molar-refractivity contribution in [2.75, 3.05) is 5.75 Å². The summed E-state index contributed by atoms with van der Waals surface area (Å²) >= 11 is 5.66. The molecule has 1 aliphatic rings. The minimum atomic E-state index is -1.27. The molecule has 0 aromatic heterocycles. The zero-order valence-corrected chi connectivity index (χ0v) is 11.8. The van der Waals surface area contributed by atoms with Crippen molar-refractivity contribution in [3.05, 3.63) is 34.6 Å². The molecule has 0 radical (unpaired) electrons. The lowest BCUT2D eigenvalue weighted by molar-refractivity contribution is -0.138. The SMILES string of the molecule is O=C(O)CC1(CS(=O)Cc2cccc(Cl)c2F)CC1. The summed E-state index contributed by atoms with van der Waals surface area (Å²) < 4.78 is 25.7. The molecule has 1 saturated carbocycles. The lowest BCUT2D eigenvalue weighted by atomic mass is 10.1. The van der Waals surface area contributed by atoms with Crippen molar-refractivity contribution in [3.8, 4) is 0 Å². The Morgan fingerprint density at radius 3 is 2.74 bits per heavy atom. The second kappa shape index (κ2) is 5.59. The molecular weight excluding hydrogens is 291 g/mol. The number of hydrogen-bond acceptors (Lipinski definition) is 2. The fraction of sp³-hybridized carbons (Fsp3) is 0.462. The number of halogens is 2. The van der Waals surface area contributed by atoms with Crippen LogP contribution in [0.1, 0.15) is 24.8 Å². The van der Waals surface area contributed by atoms with E-state index in [2.05, 4.69) is 0 Å². The second-order valence-electron chi connectivity index (χ2n) is 5.01. The maximum atomic E-state index is 13.7. The van der Waals surface area contributed by atoms with Gasteiger partial charge in [-0.15, -0.1) is 0 Å². The molecule has 0 heterocycles. The van der Waals surface area contributed by atoms with Crippen molar-refractivity contribution in [1.82, 2.24) is 0 Å². The number of rotatable bonds is 6. The molecule has 1 aliphatic carbocycles. The minimum Gasteiger partial charge on any atom is -0.481 e. The van der Waals surface area contributed by atoms with Crippen molar-refractivity contribution in [2.45, 2.75) is 25.0 Å². The van der Waals surface area contributed by atoms with E-state index in [0.29, 0.717) is 11.3 Å². The Morgan fingerprint density at radius 2 is 2.16 bits per heavy atom. The van der Waals surface area contributed by atoms with Crippen LogP contribution in [-0.2, 0) is 21.3 Å². The third-order valence-corrected chi connectivity index (χ3v) is 5.16. The van der Waals surface area contributed by atoms with Crippen LogP contribution < -0.4 is 0 Å². The number of hydrogen-bond donors (Lipinski definition) is 1. The normalized spacial score (nSPS) is 18.0. The highest BCUT2D eigenvalue weighted by Crippen LogP contribution is 2.49. The fourth-order valence-corrected chi connectivity index (χ4v) is 4.04. The molecule has 1 aromatic rings. The monoisotopic (exact) mass is 304 g/mol. The zero-order chi connectivity index (χ0) is 14.0. The Hall–Kier alpha value is -0.940. The molecule has 1 fully saturated rings. The van der Waals surface area contributed by atoms with Crippen LogP contribution in [-0.4, -0.2) is 21.0 Å². The van der Waals surface area contributed by atoms with Gasteiger partial charge in [0.05, 0.1) is 17.2 Å². The number of carboxylic acids is 1. The molecule has 1 aromatic carbocycles. The third kappa shape index (κ3) is 3.76. The van der Waals surface area contributed by atoms with E-state index in [1.54, 1.807) is 12.1 Å². The predicted molar refractivity (Wildman–Crippen MR) is 72.0 cm³/mol. The van der Waals surface area contributed by atoms with Gasteiger partial charge in [0.1, 0.15) is 5.82 Å². The van der Waals surface area contributed by atoms with Crippen LogP contribution in [0.4, 0.5) is 4.39 Å². The van der Waals surface area contributed by atoms with E-state index in [1.807, 2.05) is 0 Å². The second-order valence-corrected chi connectivity index (χ2v) is 6.88. The highest BCUT2D eigenvalue weighted by atomic mass is 35.5. The van der Waals surface area contributed by atoms with Crippen LogP contribution in [0.3, 0.4) is 0 Å². The molecule has 0 amide bonds. The fourth-order valence-electron chi connectivity index (χ4n) is 2.10. The van der Waals surface area contributed by atoms with Crippen LogP contribution in [0.15, 0.2) is 18.2 Å². The van der Waals surface area contributed by atoms with Gasteiger partial charge in [0.25, 0.3) is 0 Å². The number of benzene rings is 1. The van der Waals surface area contributed by atoms with E-state index in [9.17, 15) is 13.4 Å². The van der Waals surface area contributed by atoms with Crippen LogP contribution in [0.2, 0.25) is 5.02 Å². The van der Waals surface area contributed by atoms with Gasteiger partial charge in [0, 0.05) is 22.1 Å². The molecule has 0 aliphatic heterocycles. The van der Waals surface area contributed by atoms with Crippen LogP contribution >= 0.6 is 11.6 Å². The van der Waals surface area contributed by atoms with Crippen LogP contribution in [0.25, 0.3) is 0 Å². The standard InChI is InChI=1S/C13H14ClFO3S/c14-10-3-1-2-9(12(10)15)7-19(18)8-13(4-5-13)6-11(16)17/h1-3H,4-8H2,(H,16,17). The van der Waals surface area contributed by atoms with Crippen molar-refractivity contribution in [1.29, 1.82) is 0 Å². The van der Waals surface area contributed by atoms with E-state index in [1.165, 1.54) is 6.07 Å². The molecule has 0 spiro atoms. The molecule has 104 valence electrons. The van der Waals surface area contributed by atoms with Gasteiger partial charge in [-0.2, -0.15) is 0 Å². The third-order valence-electron chi connectivity index (χ3n) is 3.30. The van der Waals surface area contributed by atoms with Crippen molar-refractivity contribution < 1.29 is 18.5 Å². The van der Waals surface area contributed by atoms with Crippen molar-refractivity contribution in [3.63, 3.8) is 0 Å². The van der Waals surface area contributed by atoms with Crippen molar-refractivity contribution in [2.24, 2.45) is 5.41 Å². The lowest BCUT2D eigenvalue weighted by Crippen LogP contribution is -2.17. The van der Waals surface area contributed by atoms with Gasteiger partial charge in [-0.1, -0.05) is 23.7 Å². The first kappa shape index (κ1) is 14.5. The molecule has 0 saturated heterocycles. The summed E-state index contributed by atoms with van der Waals surface area (Å²) in [5.41, 5.74) is -0.0249. The molecular formula is C13H14ClFO3S. The summed E-state index contributed by atoms with van der Waals surface area (Å²) in [6, 6.07) is 4.61. The summed E-state index contributed by atoms with van der Waals surface area (Å²) in [6.45, 7) is 0. The van der Waals surface area contributed by atoms with E-state index in [-0.39, 0.29) is 22.6 Å². The zero-order valence-electron chi connectivity index (χ0n) is 10.2. The summed E-state index contributed by atoms with van der Waals surface area (Å²) in [5, 5.41) is 8.81. The van der Waals surface area contributed by atoms with Gasteiger partial charge in [-0.3, -0.25) is 9.00 Å². The van der Waals surface area contributed by atoms with Gasteiger partial charge in [-0.05, 0) is 24.3 Å². The van der Waals surface area contributed by atoms with Gasteiger partial charge in [0.15, 0.2) is 0 Å². The quantitative estimate of drug-likeness (QED) is 0.879. The first-order chi connectivity index (χ1) is 8.92. The topological polar surface area (TPSA) is 54.4 Å². The molecule has 1 N–H and O–H groups in total. The molecule has 0 bridgehead atoms. The Morgan fingerprint density at radius 1 is 1.47 bits per heavy atom. The summed E-state index contributed by atoms with van der Waals surface area (Å²) in [4.78, 5) is 10.7. The van der Waals surface area contributed by atoms with Gasteiger partial charge >= 0.3 is 5.97 Å². The molecule has 2 rings (SSSR count). The molecule has 6 heteroatoms. The smallest absolute Gasteiger partial charge is 0.303 e. The average Bonchev–Trinajstić information content (AvgIpc) is 3.03. The molecule has 3 nitrogen and oxygen atoms in total. The van der Waals surface area contributed by atoms with Gasteiger partial charge in [0.2, 0.25) is 0 Å². The molecule has 1 atom stereocenters. The predicted octanol–water partition coefficient (Wildman–Crippen LogP) is 2.98. The minimum absolute atomic E-state index is 0.0150. The van der Waals surface area contributed by atoms with Crippen LogP contribution in [0, 0.1) is 11.2 Å². The number of carboxylic acid groups (broad SMARTS) is 1. The maximum absolute atomic E-state index is 13.7. The first-order valence-corrected chi connectivity index (χ1v) is 7.78. The highest BCUT2D eigenvalue weighted by Gasteiger charge is 2.45. The number of carbonyl (C=O) groups is 1. The Kier molecular flexibility index (Phi) is 4.26. The first-order valence-electron chi connectivity index (χ1n) is 5.92. The summed E-state index contributed by atoms with van der Waals surface area (Å²) in [7, 11) is -1.27. The maximum Gasteiger partial charge on any atom is 0.303 e.